The molecule has 0 radical (unpaired) electrons. The van der Waals surface area contributed by atoms with E-state index in [9.17, 15) is 4.79 Å². The Morgan fingerprint density at radius 3 is 2.50 bits per heavy atom. The Labute approximate surface area is 162 Å². The lowest BCUT2D eigenvalue weighted by atomic mass is 10.1. The van der Waals surface area contributed by atoms with Crippen LogP contribution in [0.25, 0.3) is 27.9 Å². The number of carbonyl (C=O) groups is 1. The predicted molar refractivity (Wildman–Crippen MR) is 112 cm³/mol. The number of rotatable bonds is 3. The molecule has 0 amide bonds. The van der Waals surface area contributed by atoms with E-state index in [0.29, 0.717) is 11.6 Å². The number of ether oxygens (including phenoxy) is 1. The molecule has 4 aromatic rings. The number of esters is 1. The zero-order valence-corrected chi connectivity index (χ0v) is 15.4. The SMILES string of the molecule is CCn1c2ccccc2c2cc(C=C3N=C(c4ccccc4)OC3=O)ccc21. The van der Waals surface area contributed by atoms with E-state index in [-0.39, 0.29) is 0 Å². The van der Waals surface area contributed by atoms with E-state index in [2.05, 4.69) is 52.9 Å². The number of para-hydroxylation sites is 1. The summed E-state index contributed by atoms with van der Waals surface area (Å²) < 4.78 is 7.65. The lowest BCUT2D eigenvalue weighted by Crippen LogP contribution is -2.04. The van der Waals surface area contributed by atoms with E-state index in [1.807, 2.05) is 36.4 Å². The van der Waals surface area contributed by atoms with Gasteiger partial charge in [-0.05, 0) is 48.9 Å². The number of cyclic esters (lactones) is 1. The van der Waals surface area contributed by atoms with E-state index < -0.39 is 5.97 Å². The summed E-state index contributed by atoms with van der Waals surface area (Å²) in [6.07, 6.45) is 1.79. The van der Waals surface area contributed by atoms with Crippen LogP contribution < -0.4 is 0 Å². The fourth-order valence-electron chi connectivity index (χ4n) is 3.77. The maximum Gasteiger partial charge on any atom is 0.363 e. The van der Waals surface area contributed by atoms with Crippen molar-refractivity contribution in [2.24, 2.45) is 4.99 Å². The van der Waals surface area contributed by atoms with Crippen molar-refractivity contribution in [2.75, 3.05) is 0 Å². The molecular weight excluding hydrogens is 348 g/mol. The van der Waals surface area contributed by atoms with E-state index in [0.717, 1.165) is 17.7 Å². The van der Waals surface area contributed by atoms with Crippen LogP contribution >= 0.6 is 0 Å². The first-order valence-corrected chi connectivity index (χ1v) is 9.33. The average Bonchev–Trinajstić information content (AvgIpc) is 3.26. The minimum atomic E-state index is -0.421. The molecule has 0 fully saturated rings. The molecule has 0 bridgehead atoms. The minimum Gasteiger partial charge on any atom is -0.402 e. The summed E-state index contributed by atoms with van der Waals surface area (Å²) >= 11 is 0. The van der Waals surface area contributed by atoms with E-state index >= 15 is 0 Å². The molecule has 136 valence electrons. The van der Waals surface area contributed by atoms with Gasteiger partial charge < -0.3 is 9.30 Å². The maximum absolute atomic E-state index is 12.3. The zero-order valence-electron chi connectivity index (χ0n) is 15.4. The van der Waals surface area contributed by atoms with Gasteiger partial charge >= 0.3 is 5.97 Å². The molecular formula is C24H18N2O2. The molecule has 4 heteroatoms. The standard InChI is InChI=1S/C24H18N2O2/c1-2-26-21-11-7-6-10-18(21)19-14-16(12-13-22(19)26)15-20-24(27)28-23(25-20)17-8-4-3-5-9-17/h3-15H,2H2,1H3. The van der Waals surface area contributed by atoms with Crippen LogP contribution in [0.4, 0.5) is 0 Å². The van der Waals surface area contributed by atoms with Crippen molar-refractivity contribution in [3.63, 3.8) is 0 Å². The van der Waals surface area contributed by atoms with Crippen LogP contribution in [0.3, 0.4) is 0 Å². The highest BCUT2D eigenvalue weighted by Crippen LogP contribution is 2.30. The summed E-state index contributed by atoms with van der Waals surface area (Å²) in [5.74, 6) is -0.0737. The lowest BCUT2D eigenvalue weighted by molar-refractivity contribution is -0.129. The smallest absolute Gasteiger partial charge is 0.363 e. The van der Waals surface area contributed by atoms with Crippen molar-refractivity contribution in [1.82, 2.24) is 4.57 Å². The van der Waals surface area contributed by atoms with E-state index in [1.54, 1.807) is 6.08 Å². The van der Waals surface area contributed by atoms with Gasteiger partial charge in [0, 0.05) is 33.9 Å². The van der Waals surface area contributed by atoms with Crippen molar-refractivity contribution in [3.05, 3.63) is 89.6 Å². The Kier molecular flexibility index (Phi) is 3.83. The number of carbonyl (C=O) groups excluding carboxylic acids is 1. The van der Waals surface area contributed by atoms with Gasteiger partial charge in [0.2, 0.25) is 5.90 Å². The second-order valence-electron chi connectivity index (χ2n) is 6.74. The Hall–Kier alpha value is -3.66. The van der Waals surface area contributed by atoms with Gasteiger partial charge in [0.25, 0.3) is 0 Å². The molecule has 1 aromatic heterocycles. The van der Waals surface area contributed by atoms with Gasteiger partial charge in [-0.15, -0.1) is 0 Å². The number of hydrogen-bond acceptors (Lipinski definition) is 3. The Bertz CT molecular complexity index is 1280. The van der Waals surface area contributed by atoms with E-state index in [1.165, 1.54) is 21.8 Å². The number of nitrogens with zero attached hydrogens (tertiary/aromatic N) is 2. The number of aryl methyl sites for hydroxylation is 1. The number of hydrogen-bond donors (Lipinski definition) is 0. The monoisotopic (exact) mass is 366 g/mol. The highest BCUT2D eigenvalue weighted by atomic mass is 16.6. The summed E-state index contributed by atoms with van der Waals surface area (Å²) in [5.41, 5.74) is 4.44. The first-order chi connectivity index (χ1) is 13.7. The molecule has 0 saturated heterocycles. The number of fused-ring (bicyclic) bond motifs is 3. The van der Waals surface area contributed by atoms with Crippen LogP contribution in [0, 0.1) is 0 Å². The molecule has 28 heavy (non-hydrogen) atoms. The quantitative estimate of drug-likeness (QED) is 0.371. The molecule has 0 saturated carbocycles. The molecule has 2 heterocycles. The molecule has 0 spiro atoms. The van der Waals surface area contributed by atoms with Crippen LogP contribution in [0.5, 0.6) is 0 Å². The number of benzene rings is 3. The van der Waals surface area contributed by atoms with Crippen molar-refractivity contribution < 1.29 is 9.53 Å². The van der Waals surface area contributed by atoms with E-state index in [4.69, 9.17) is 4.74 Å². The van der Waals surface area contributed by atoms with Crippen molar-refractivity contribution in [1.29, 1.82) is 0 Å². The summed E-state index contributed by atoms with van der Waals surface area (Å²) in [6.45, 7) is 3.05. The van der Waals surface area contributed by atoms with Gasteiger partial charge in [0.1, 0.15) is 0 Å². The molecule has 0 aliphatic carbocycles. The van der Waals surface area contributed by atoms with Crippen molar-refractivity contribution >= 4 is 39.7 Å². The van der Waals surface area contributed by atoms with Crippen LogP contribution in [0.15, 0.2) is 83.5 Å². The maximum atomic E-state index is 12.3. The summed E-state index contributed by atoms with van der Waals surface area (Å²) in [6, 6.07) is 24.1. The highest BCUT2D eigenvalue weighted by molar-refractivity contribution is 6.13. The second-order valence-corrected chi connectivity index (χ2v) is 6.74. The fourth-order valence-corrected chi connectivity index (χ4v) is 3.77. The van der Waals surface area contributed by atoms with Crippen LogP contribution in [-0.2, 0) is 16.1 Å². The second kappa shape index (κ2) is 6.50. The minimum absolute atomic E-state index is 0.317. The van der Waals surface area contributed by atoms with Gasteiger partial charge in [-0.25, -0.2) is 9.79 Å². The topological polar surface area (TPSA) is 43.6 Å². The van der Waals surface area contributed by atoms with Gasteiger partial charge in [-0.1, -0.05) is 42.5 Å². The summed E-state index contributed by atoms with van der Waals surface area (Å²) in [4.78, 5) is 16.7. The molecule has 1 aliphatic heterocycles. The third-order valence-electron chi connectivity index (χ3n) is 5.06. The molecule has 4 nitrogen and oxygen atoms in total. The van der Waals surface area contributed by atoms with Gasteiger partial charge in [-0.3, -0.25) is 0 Å². The number of aliphatic imine (C=N–C) groups is 1. The Balaban J connectivity index is 1.61. The summed E-state index contributed by atoms with van der Waals surface area (Å²) in [7, 11) is 0. The number of aromatic nitrogens is 1. The van der Waals surface area contributed by atoms with Crippen LogP contribution in [0.2, 0.25) is 0 Å². The summed E-state index contributed by atoms with van der Waals surface area (Å²) in [5, 5.41) is 2.38. The first kappa shape index (κ1) is 16.5. The molecule has 1 aliphatic rings. The van der Waals surface area contributed by atoms with Crippen molar-refractivity contribution in [2.45, 2.75) is 13.5 Å². The van der Waals surface area contributed by atoms with Crippen LogP contribution in [-0.4, -0.2) is 16.4 Å². The third kappa shape index (κ3) is 2.62. The largest absolute Gasteiger partial charge is 0.402 e. The normalized spacial score (nSPS) is 15.4. The van der Waals surface area contributed by atoms with Gasteiger partial charge in [0.05, 0.1) is 0 Å². The van der Waals surface area contributed by atoms with Crippen molar-refractivity contribution in [3.8, 4) is 0 Å². The molecule has 0 N–H and O–H groups in total. The Morgan fingerprint density at radius 2 is 1.68 bits per heavy atom. The van der Waals surface area contributed by atoms with Gasteiger partial charge in [-0.2, -0.15) is 0 Å². The first-order valence-electron chi connectivity index (χ1n) is 9.33. The lowest BCUT2D eigenvalue weighted by Gasteiger charge is -2.02. The molecule has 0 unspecified atom stereocenters. The Morgan fingerprint density at radius 1 is 0.929 bits per heavy atom. The average molecular weight is 366 g/mol. The van der Waals surface area contributed by atoms with Crippen LogP contribution in [0.1, 0.15) is 18.1 Å². The third-order valence-corrected chi connectivity index (χ3v) is 5.06. The fraction of sp³-hybridized carbons (Fsp3) is 0.0833. The molecule has 0 atom stereocenters. The molecule has 3 aromatic carbocycles. The highest BCUT2D eigenvalue weighted by Gasteiger charge is 2.24. The zero-order chi connectivity index (χ0) is 19.1. The van der Waals surface area contributed by atoms with Gasteiger partial charge in [0.15, 0.2) is 5.70 Å². The predicted octanol–water partition coefficient (Wildman–Crippen LogP) is 5.16. The molecule has 5 rings (SSSR count).